The van der Waals surface area contributed by atoms with E-state index in [9.17, 15) is 28.4 Å². The summed E-state index contributed by atoms with van der Waals surface area (Å²) in [6.07, 6.45) is 0.163. The third kappa shape index (κ3) is 5.66. The number of amides is 2. The van der Waals surface area contributed by atoms with Crippen LogP contribution in [-0.2, 0) is 16.6 Å². The van der Waals surface area contributed by atoms with Crippen LogP contribution in [0.3, 0.4) is 0 Å². The Kier molecular flexibility index (Phi) is 8.01. The second kappa shape index (κ2) is 11.3. The molecule has 2 aromatic heterocycles. The van der Waals surface area contributed by atoms with Gasteiger partial charge in [0.1, 0.15) is 17.0 Å². The number of hydrogen-bond donors (Lipinski definition) is 2. The average Bonchev–Trinajstić information content (AvgIpc) is 3.75. The Labute approximate surface area is 264 Å². The molecule has 0 bridgehead atoms. The number of carbonyl (C=O) groups is 2. The van der Waals surface area contributed by atoms with Crippen molar-refractivity contribution in [3.05, 3.63) is 88.6 Å². The van der Waals surface area contributed by atoms with Crippen LogP contribution < -0.4 is 32.8 Å². The molecule has 0 saturated heterocycles. The molecule has 2 aromatic carbocycles. The molecular weight excluding hydrogens is 686 g/mol. The quantitative estimate of drug-likeness (QED) is 0.223. The number of nitrogens with one attached hydrogen (secondary N) is 1. The molecule has 0 atom stereocenters. The topological polar surface area (TPSA) is 151 Å². The van der Waals surface area contributed by atoms with Gasteiger partial charge >= 0.3 is 11.8 Å². The molecule has 3 N–H and O–H groups in total. The molecule has 1 aliphatic carbocycles. The van der Waals surface area contributed by atoms with E-state index in [2.05, 4.69) is 5.32 Å². The highest BCUT2D eigenvalue weighted by molar-refractivity contribution is 14.1. The molecular formula is C30H30FIN6O6. The largest absolute Gasteiger partial charge is 0.428 e. The van der Waals surface area contributed by atoms with E-state index in [1.807, 2.05) is 22.6 Å². The molecule has 230 valence electrons. The number of benzene rings is 2. The second-order valence-electron chi connectivity index (χ2n) is 11.2. The number of imide groups is 1. The molecule has 5 rings (SSSR count). The Morgan fingerprint density at radius 3 is 2.39 bits per heavy atom. The number of anilines is 3. The lowest BCUT2D eigenvalue weighted by Gasteiger charge is -2.26. The summed E-state index contributed by atoms with van der Waals surface area (Å²) < 4.78 is 24.4. The standard InChI is InChI=1S/C30H30FIN6O6/c1-15-24-23(25(35(5)26(15)40)34-22-12-9-17(32)13-21(22)31)27(41)38(18-10-11-18)28(42)37(24)20-8-6-7-19(14-20)36(16(2)39)29(43)44-30(3,4)33/h6-9,12-14,18,34H,10-11,33H2,1-5H3. The number of aryl methyl sites for hydroxylation is 1. The van der Waals surface area contributed by atoms with Crippen LogP contribution in [0.5, 0.6) is 0 Å². The normalized spacial score (nSPS) is 13.2. The van der Waals surface area contributed by atoms with Crippen molar-refractivity contribution in [2.75, 3.05) is 10.2 Å². The van der Waals surface area contributed by atoms with Crippen LogP contribution in [0.4, 0.5) is 26.4 Å². The number of rotatable bonds is 6. The summed E-state index contributed by atoms with van der Waals surface area (Å²) in [6, 6.07) is 10.0. The lowest BCUT2D eigenvalue weighted by molar-refractivity contribution is -0.116. The van der Waals surface area contributed by atoms with E-state index < -0.39 is 40.4 Å². The van der Waals surface area contributed by atoms with Gasteiger partial charge in [-0.15, -0.1) is 0 Å². The third-order valence-electron chi connectivity index (χ3n) is 7.13. The van der Waals surface area contributed by atoms with Gasteiger partial charge in [-0.2, -0.15) is 0 Å². The third-order valence-corrected chi connectivity index (χ3v) is 7.80. The Hall–Kier alpha value is -4.31. The number of halogens is 2. The van der Waals surface area contributed by atoms with Crippen LogP contribution in [0.1, 0.15) is 45.2 Å². The molecule has 2 heterocycles. The van der Waals surface area contributed by atoms with E-state index >= 15 is 0 Å². The minimum absolute atomic E-state index is 0.000805. The van der Waals surface area contributed by atoms with Crippen LogP contribution in [0, 0.1) is 16.3 Å². The van der Waals surface area contributed by atoms with Crippen LogP contribution >= 0.6 is 22.6 Å². The first kappa shape index (κ1) is 31.1. The van der Waals surface area contributed by atoms with E-state index in [1.165, 1.54) is 74.2 Å². The highest BCUT2D eigenvalue weighted by Crippen LogP contribution is 2.34. The number of pyridine rings is 1. The molecule has 0 radical (unpaired) electrons. The van der Waals surface area contributed by atoms with Gasteiger partial charge in [0.2, 0.25) is 5.91 Å². The summed E-state index contributed by atoms with van der Waals surface area (Å²) in [6.45, 7) is 5.55. The summed E-state index contributed by atoms with van der Waals surface area (Å²) in [5.74, 6) is -1.27. The fourth-order valence-corrected chi connectivity index (χ4v) is 5.48. The van der Waals surface area contributed by atoms with Crippen molar-refractivity contribution in [3.8, 4) is 5.69 Å². The zero-order chi connectivity index (χ0) is 32.2. The number of nitrogens with two attached hydrogens (primary N) is 1. The molecule has 1 aliphatic rings. The van der Waals surface area contributed by atoms with Gasteiger partial charge in [-0.1, -0.05) is 6.07 Å². The summed E-state index contributed by atoms with van der Waals surface area (Å²) in [7, 11) is 1.45. The summed E-state index contributed by atoms with van der Waals surface area (Å²) in [5.41, 5.74) is 2.93. The lowest BCUT2D eigenvalue weighted by Crippen LogP contribution is -2.45. The van der Waals surface area contributed by atoms with E-state index in [4.69, 9.17) is 10.5 Å². The SMILES string of the molecule is CC(=O)N(C(=O)OC(C)(C)N)c1cccc(-n2c(=O)n(C3CC3)c(=O)c3c(Nc4ccc(I)cc4F)n(C)c(=O)c(C)c32)c1. The predicted molar refractivity (Wildman–Crippen MR) is 172 cm³/mol. The average molecular weight is 717 g/mol. The fourth-order valence-electron chi connectivity index (χ4n) is 5.03. The van der Waals surface area contributed by atoms with Gasteiger partial charge in [0, 0.05) is 29.1 Å². The number of hydrogen-bond acceptors (Lipinski definition) is 8. The molecule has 1 saturated carbocycles. The van der Waals surface area contributed by atoms with Gasteiger partial charge in [0.05, 0.1) is 22.6 Å². The van der Waals surface area contributed by atoms with Crippen molar-refractivity contribution >= 4 is 62.7 Å². The molecule has 4 aromatic rings. The molecule has 0 unspecified atom stereocenters. The summed E-state index contributed by atoms with van der Waals surface area (Å²) in [5, 5.41) is 2.91. The van der Waals surface area contributed by atoms with Crippen LogP contribution in [0.2, 0.25) is 0 Å². The monoisotopic (exact) mass is 716 g/mol. The molecule has 12 nitrogen and oxygen atoms in total. The summed E-state index contributed by atoms with van der Waals surface area (Å²) >= 11 is 1.97. The van der Waals surface area contributed by atoms with Gasteiger partial charge in [0.25, 0.3) is 11.1 Å². The van der Waals surface area contributed by atoms with Crippen molar-refractivity contribution in [1.82, 2.24) is 13.7 Å². The first-order valence-corrected chi connectivity index (χ1v) is 14.7. The second-order valence-corrected chi connectivity index (χ2v) is 12.4. The maximum absolute atomic E-state index is 15.0. The fraction of sp³-hybridized carbons (Fsp3) is 0.300. The maximum Gasteiger partial charge on any atom is 0.422 e. The van der Waals surface area contributed by atoms with Crippen LogP contribution in [-0.4, -0.2) is 31.4 Å². The number of ether oxygens (including phenoxy) is 1. The zero-order valence-corrected chi connectivity index (χ0v) is 26.8. The minimum Gasteiger partial charge on any atom is -0.428 e. The minimum atomic E-state index is -1.38. The molecule has 0 aliphatic heterocycles. The number of aromatic nitrogens is 3. The van der Waals surface area contributed by atoms with Crippen molar-refractivity contribution in [3.63, 3.8) is 0 Å². The highest BCUT2D eigenvalue weighted by Gasteiger charge is 2.32. The molecule has 2 amide bonds. The molecule has 44 heavy (non-hydrogen) atoms. The van der Waals surface area contributed by atoms with Gasteiger partial charge in [-0.25, -0.2) is 18.9 Å². The van der Waals surface area contributed by atoms with E-state index in [0.29, 0.717) is 16.4 Å². The Morgan fingerprint density at radius 2 is 1.80 bits per heavy atom. The van der Waals surface area contributed by atoms with Crippen LogP contribution in [0.25, 0.3) is 16.6 Å². The van der Waals surface area contributed by atoms with Crippen molar-refractivity contribution in [1.29, 1.82) is 0 Å². The van der Waals surface area contributed by atoms with Gasteiger partial charge in [0.15, 0.2) is 5.72 Å². The van der Waals surface area contributed by atoms with Gasteiger partial charge in [-0.05, 0) is 92.6 Å². The van der Waals surface area contributed by atoms with E-state index in [0.717, 1.165) is 9.47 Å². The number of carbonyl (C=O) groups excluding carboxylic acids is 2. The van der Waals surface area contributed by atoms with E-state index in [-0.39, 0.29) is 45.4 Å². The first-order valence-electron chi connectivity index (χ1n) is 13.7. The summed E-state index contributed by atoms with van der Waals surface area (Å²) in [4.78, 5) is 67.9. The van der Waals surface area contributed by atoms with Gasteiger partial charge in [-0.3, -0.25) is 33.8 Å². The smallest absolute Gasteiger partial charge is 0.422 e. The highest BCUT2D eigenvalue weighted by atomic mass is 127. The Balaban J connectivity index is 1.83. The first-order chi connectivity index (χ1) is 20.6. The van der Waals surface area contributed by atoms with Crippen LogP contribution in [0.15, 0.2) is 56.8 Å². The van der Waals surface area contributed by atoms with Crippen molar-refractivity contribution < 1.29 is 18.7 Å². The Morgan fingerprint density at radius 1 is 1.11 bits per heavy atom. The predicted octanol–water partition coefficient (Wildman–Crippen LogP) is 4.17. The number of fused-ring (bicyclic) bond motifs is 1. The van der Waals surface area contributed by atoms with E-state index in [1.54, 1.807) is 12.1 Å². The Bertz CT molecular complexity index is 2040. The van der Waals surface area contributed by atoms with Crippen molar-refractivity contribution in [2.24, 2.45) is 12.8 Å². The molecule has 1 fully saturated rings. The molecule has 14 heteroatoms. The van der Waals surface area contributed by atoms with Gasteiger partial charge < -0.3 is 10.1 Å². The van der Waals surface area contributed by atoms with Crippen molar-refractivity contribution in [2.45, 2.75) is 52.3 Å². The number of nitrogens with zero attached hydrogens (tertiary/aromatic N) is 4. The lowest BCUT2D eigenvalue weighted by atomic mass is 10.1. The zero-order valence-electron chi connectivity index (χ0n) is 24.6. The maximum atomic E-state index is 15.0. The molecule has 0 spiro atoms.